The molecule has 0 aromatic carbocycles. The van der Waals surface area contributed by atoms with Crippen LogP contribution < -0.4 is 0 Å². The molecule has 0 aliphatic heterocycles. The number of ether oxygens (including phenoxy) is 2. The van der Waals surface area contributed by atoms with Crippen LogP contribution in [0.3, 0.4) is 0 Å². The molecule has 0 heterocycles. The number of hydrogen-bond donors (Lipinski definition) is 1. The molecule has 0 spiro atoms. The molecular formula is C23H36O6. The summed E-state index contributed by atoms with van der Waals surface area (Å²) in [4.78, 5) is 34.8. The van der Waals surface area contributed by atoms with Gasteiger partial charge in [-0.1, -0.05) is 38.0 Å². The Morgan fingerprint density at radius 1 is 1.24 bits per heavy atom. The second-order valence-corrected chi connectivity index (χ2v) is 7.63. The third-order valence-corrected chi connectivity index (χ3v) is 5.23. The van der Waals surface area contributed by atoms with Gasteiger partial charge in [0, 0.05) is 31.6 Å². The third kappa shape index (κ3) is 9.88. The van der Waals surface area contributed by atoms with Crippen molar-refractivity contribution >= 4 is 17.7 Å². The SMILES string of the molecule is CCCCC[C@H](/C=C/[C@H]1[C@H](O)CC(=O)[C@@H]1C/C=C\CCCC(=O)OC)OC(C)=O. The molecule has 1 fully saturated rings. The lowest BCUT2D eigenvalue weighted by molar-refractivity contribution is -0.144. The van der Waals surface area contributed by atoms with Crippen molar-refractivity contribution in [3.8, 4) is 0 Å². The predicted molar refractivity (Wildman–Crippen MR) is 111 cm³/mol. The average molecular weight is 409 g/mol. The molecule has 4 atom stereocenters. The zero-order valence-corrected chi connectivity index (χ0v) is 18.0. The Morgan fingerprint density at radius 2 is 2.00 bits per heavy atom. The first-order chi connectivity index (χ1) is 13.9. The van der Waals surface area contributed by atoms with Crippen molar-refractivity contribution in [3.05, 3.63) is 24.3 Å². The molecule has 6 heteroatoms. The van der Waals surface area contributed by atoms with E-state index in [-0.39, 0.29) is 42.1 Å². The molecule has 29 heavy (non-hydrogen) atoms. The van der Waals surface area contributed by atoms with Crippen LogP contribution in [0.15, 0.2) is 24.3 Å². The van der Waals surface area contributed by atoms with E-state index in [2.05, 4.69) is 11.7 Å². The van der Waals surface area contributed by atoms with Gasteiger partial charge in [-0.05, 0) is 38.2 Å². The van der Waals surface area contributed by atoms with Crippen LogP contribution in [-0.2, 0) is 23.9 Å². The van der Waals surface area contributed by atoms with E-state index in [0.717, 1.165) is 32.1 Å². The van der Waals surface area contributed by atoms with Crippen LogP contribution in [0.1, 0.15) is 71.6 Å². The van der Waals surface area contributed by atoms with Gasteiger partial charge in [0.1, 0.15) is 11.9 Å². The van der Waals surface area contributed by atoms with Crippen LogP contribution in [-0.4, -0.2) is 42.1 Å². The van der Waals surface area contributed by atoms with Crippen LogP contribution in [0, 0.1) is 11.8 Å². The topological polar surface area (TPSA) is 89.9 Å². The van der Waals surface area contributed by atoms with E-state index in [1.165, 1.54) is 14.0 Å². The fourth-order valence-corrected chi connectivity index (χ4v) is 3.61. The third-order valence-electron chi connectivity index (χ3n) is 5.23. The lowest BCUT2D eigenvalue weighted by Gasteiger charge is -2.18. The molecule has 164 valence electrons. The maximum absolute atomic E-state index is 12.3. The highest BCUT2D eigenvalue weighted by molar-refractivity contribution is 5.84. The van der Waals surface area contributed by atoms with Crippen LogP contribution in [0.5, 0.6) is 0 Å². The molecule has 0 radical (unpaired) electrons. The summed E-state index contributed by atoms with van der Waals surface area (Å²) in [7, 11) is 1.37. The number of Topliss-reactive ketones (excluding diaryl/α,β-unsaturated/α-hetero) is 1. The van der Waals surface area contributed by atoms with Crippen LogP contribution >= 0.6 is 0 Å². The highest BCUT2D eigenvalue weighted by atomic mass is 16.5. The average Bonchev–Trinajstić information content (AvgIpc) is 2.94. The van der Waals surface area contributed by atoms with Gasteiger partial charge in [0.2, 0.25) is 0 Å². The lowest BCUT2D eigenvalue weighted by atomic mass is 9.90. The number of ketones is 1. The van der Waals surface area contributed by atoms with Gasteiger partial charge in [-0.15, -0.1) is 0 Å². The normalized spacial score (nSPS) is 23.0. The van der Waals surface area contributed by atoms with E-state index in [4.69, 9.17) is 4.74 Å². The number of methoxy groups -OCH3 is 1. The second kappa shape index (κ2) is 14.1. The minimum atomic E-state index is -0.704. The number of rotatable bonds is 13. The Labute approximate surface area is 174 Å². The summed E-state index contributed by atoms with van der Waals surface area (Å²) >= 11 is 0. The standard InChI is InChI=1S/C23H36O6/c1-4-5-8-11-18(29-17(2)24)14-15-20-19(21(25)16-22(20)26)12-9-6-7-10-13-23(27)28-3/h6,9,14-15,18-20,22,26H,4-5,7-8,10-13,16H2,1-3H3/b9-6-,15-14+/t18-,19-,20-,22-/m1/s1. The first-order valence-corrected chi connectivity index (χ1v) is 10.7. The van der Waals surface area contributed by atoms with Crippen LogP contribution in [0.4, 0.5) is 0 Å². The maximum atomic E-state index is 12.3. The van der Waals surface area contributed by atoms with Crippen molar-refractivity contribution in [2.45, 2.75) is 83.8 Å². The van der Waals surface area contributed by atoms with Gasteiger partial charge >= 0.3 is 11.9 Å². The zero-order chi connectivity index (χ0) is 21.6. The molecular weight excluding hydrogens is 372 g/mol. The largest absolute Gasteiger partial charge is 0.469 e. The number of carbonyl (C=O) groups is 3. The second-order valence-electron chi connectivity index (χ2n) is 7.63. The fraction of sp³-hybridized carbons (Fsp3) is 0.696. The smallest absolute Gasteiger partial charge is 0.305 e. The zero-order valence-electron chi connectivity index (χ0n) is 18.0. The molecule has 6 nitrogen and oxygen atoms in total. The quantitative estimate of drug-likeness (QED) is 0.282. The molecule has 0 saturated heterocycles. The van der Waals surface area contributed by atoms with E-state index in [1.54, 1.807) is 0 Å². The molecule has 0 aromatic rings. The van der Waals surface area contributed by atoms with E-state index < -0.39 is 6.10 Å². The van der Waals surface area contributed by atoms with Crippen molar-refractivity contribution in [2.75, 3.05) is 7.11 Å². The first-order valence-electron chi connectivity index (χ1n) is 10.7. The van der Waals surface area contributed by atoms with Gasteiger partial charge in [-0.2, -0.15) is 0 Å². The Bertz CT molecular complexity index is 580. The molecule has 1 saturated carbocycles. The number of aliphatic hydroxyl groups is 1. The highest BCUT2D eigenvalue weighted by Gasteiger charge is 2.39. The number of allylic oxidation sites excluding steroid dienone is 2. The number of esters is 2. The van der Waals surface area contributed by atoms with E-state index in [0.29, 0.717) is 19.3 Å². The van der Waals surface area contributed by atoms with Gasteiger partial charge in [0.15, 0.2) is 0 Å². The summed E-state index contributed by atoms with van der Waals surface area (Å²) in [6.07, 6.45) is 13.0. The van der Waals surface area contributed by atoms with E-state index in [9.17, 15) is 19.5 Å². The number of unbranched alkanes of at least 4 members (excludes halogenated alkanes) is 3. The number of carbonyl (C=O) groups excluding carboxylic acids is 3. The van der Waals surface area contributed by atoms with Crippen molar-refractivity contribution in [1.29, 1.82) is 0 Å². The molecule has 0 aromatic heterocycles. The molecule has 0 bridgehead atoms. The van der Waals surface area contributed by atoms with E-state index in [1.807, 2.05) is 24.3 Å². The molecule has 1 N–H and O–H groups in total. The van der Waals surface area contributed by atoms with Gasteiger partial charge in [-0.3, -0.25) is 14.4 Å². The van der Waals surface area contributed by atoms with Crippen LogP contribution in [0.25, 0.3) is 0 Å². The maximum Gasteiger partial charge on any atom is 0.305 e. The molecule has 0 unspecified atom stereocenters. The summed E-state index contributed by atoms with van der Waals surface area (Å²) in [5.74, 6) is -1.04. The first kappa shape index (κ1) is 25.1. The Morgan fingerprint density at radius 3 is 2.66 bits per heavy atom. The van der Waals surface area contributed by atoms with Gasteiger partial charge < -0.3 is 14.6 Å². The Balaban J connectivity index is 2.62. The number of hydrogen-bond acceptors (Lipinski definition) is 6. The van der Waals surface area contributed by atoms with Gasteiger partial charge in [0.05, 0.1) is 13.2 Å². The van der Waals surface area contributed by atoms with Gasteiger partial charge in [0.25, 0.3) is 0 Å². The molecule has 1 aliphatic carbocycles. The molecule has 1 rings (SSSR count). The van der Waals surface area contributed by atoms with Crippen molar-refractivity contribution in [3.63, 3.8) is 0 Å². The van der Waals surface area contributed by atoms with Crippen LogP contribution in [0.2, 0.25) is 0 Å². The van der Waals surface area contributed by atoms with Crippen molar-refractivity contribution in [2.24, 2.45) is 11.8 Å². The summed E-state index contributed by atoms with van der Waals surface area (Å²) in [5, 5.41) is 10.3. The predicted octanol–water partition coefficient (Wildman–Crippen LogP) is 3.91. The summed E-state index contributed by atoms with van der Waals surface area (Å²) in [5.41, 5.74) is 0. The monoisotopic (exact) mass is 408 g/mol. The summed E-state index contributed by atoms with van der Waals surface area (Å²) in [6, 6.07) is 0. The number of aliphatic hydroxyl groups excluding tert-OH is 1. The minimum absolute atomic E-state index is 0.0568. The fourth-order valence-electron chi connectivity index (χ4n) is 3.61. The van der Waals surface area contributed by atoms with E-state index >= 15 is 0 Å². The molecule has 1 aliphatic rings. The van der Waals surface area contributed by atoms with Gasteiger partial charge in [-0.25, -0.2) is 0 Å². The van der Waals surface area contributed by atoms with Crippen molar-refractivity contribution < 1.29 is 29.0 Å². The molecule has 0 amide bonds. The lowest BCUT2D eigenvalue weighted by Crippen LogP contribution is -2.20. The Kier molecular flexibility index (Phi) is 12.2. The summed E-state index contributed by atoms with van der Waals surface area (Å²) < 4.78 is 9.97. The minimum Gasteiger partial charge on any atom is -0.469 e. The Hall–Kier alpha value is -1.95. The van der Waals surface area contributed by atoms with Crippen molar-refractivity contribution in [1.82, 2.24) is 0 Å². The highest BCUT2D eigenvalue weighted by Crippen LogP contribution is 2.33. The summed E-state index contributed by atoms with van der Waals surface area (Å²) in [6.45, 7) is 3.51.